The Morgan fingerprint density at radius 2 is 1.80 bits per heavy atom. The van der Waals surface area contributed by atoms with E-state index in [1.807, 2.05) is 31.2 Å². The highest BCUT2D eigenvalue weighted by atomic mass is 35.5. The highest BCUT2D eigenvalue weighted by molar-refractivity contribution is 6.30. The number of aromatic hydroxyl groups is 1. The van der Waals surface area contributed by atoms with Gasteiger partial charge in [-0.15, -0.1) is 0 Å². The maximum atomic E-state index is 9.57. The van der Waals surface area contributed by atoms with Crippen molar-refractivity contribution < 1.29 is 10.2 Å². The molecule has 0 aliphatic carbocycles. The van der Waals surface area contributed by atoms with E-state index < -0.39 is 0 Å². The third-order valence-electron chi connectivity index (χ3n) is 3.26. The summed E-state index contributed by atoms with van der Waals surface area (Å²) in [5.74, 6) is 0.236. The number of halogens is 1. The Kier molecular flexibility index (Phi) is 5.01. The zero-order valence-corrected chi connectivity index (χ0v) is 12.0. The van der Waals surface area contributed by atoms with Crippen LogP contribution in [0.5, 0.6) is 5.75 Å². The summed E-state index contributed by atoms with van der Waals surface area (Å²) in [5.41, 5.74) is 1.90. The second-order valence-electron chi connectivity index (χ2n) is 4.77. The van der Waals surface area contributed by atoms with Gasteiger partial charge in [-0.1, -0.05) is 35.9 Å². The van der Waals surface area contributed by atoms with Gasteiger partial charge in [0.1, 0.15) is 5.75 Å². The van der Waals surface area contributed by atoms with Crippen LogP contribution in [0.2, 0.25) is 5.02 Å². The molecule has 0 saturated carbocycles. The van der Waals surface area contributed by atoms with Crippen molar-refractivity contribution in [1.29, 1.82) is 0 Å². The lowest BCUT2D eigenvalue weighted by Crippen LogP contribution is -2.27. The molecular formula is C16H18ClNO2. The Morgan fingerprint density at radius 3 is 2.45 bits per heavy atom. The molecule has 0 saturated heterocycles. The number of hydrogen-bond donors (Lipinski definition) is 3. The molecule has 0 bridgehead atoms. The molecule has 0 amide bonds. The van der Waals surface area contributed by atoms with Crippen LogP contribution in [0.1, 0.15) is 30.1 Å². The first-order valence-corrected chi connectivity index (χ1v) is 6.89. The van der Waals surface area contributed by atoms with Crippen molar-refractivity contribution in [3.05, 3.63) is 64.7 Å². The topological polar surface area (TPSA) is 52.5 Å². The molecule has 0 aromatic heterocycles. The second kappa shape index (κ2) is 6.75. The molecule has 0 spiro atoms. The van der Waals surface area contributed by atoms with Crippen LogP contribution in [0.4, 0.5) is 0 Å². The molecular weight excluding hydrogens is 274 g/mol. The SMILES string of the molecule is C[C@H](N[C@H](CO)c1cccc(Cl)c1)c1cccc(O)c1. The summed E-state index contributed by atoms with van der Waals surface area (Å²) in [6.45, 7) is 1.96. The second-order valence-corrected chi connectivity index (χ2v) is 5.21. The minimum absolute atomic E-state index is 0.00164. The number of aliphatic hydroxyl groups excluding tert-OH is 1. The maximum Gasteiger partial charge on any atom is 0.115 e. The van der Waals surface area contributed by atoms with E-state index in [1.165, 1.54) is 0 Å². The molecule has 0 fully saturated rings. The first-order chi connectivity index (χ1) is 9.60. The van der Waals surface area contributed by atoms with Gasteiger partial charge in [0.15, 0.2) is 0 Å². The van der Waals surface area contributed by atoms with E-state index in [1.54, 1.807) is 24.3 Å². The fourth-order valence-electron chi connectivity index (χ4n) is 2.17. The molecule has 20 heavy (non-hydrogen) atoms. The third-order valence-corrected chi connectivity index (χ3v) is 3.49. The van der Waals surface area contributed by atoms with Crippen molar-refractivity contribution in [3.63, 3.8) is 0 Å². The van der Waals surface area contributed by atoms with Gasteiger partial charge in [0, 0.05) is 11.1 Å². The Bertz CT molecular complexity index is 574. The summed E-state index contributed by atoms with van der Waals surface area (Å²) in [6.07, 6.45) is 0. The molecule has 2 aromatic rings. The zero-order chi connectivity index (χ0) is 14.5. The van der Waals surface area contributed by atoms with Gasteiger partial charge in [-0.3, -0.25) is 0 Å². The van der Waals surface area contributed by atoms with Crippen molar-refractivity contribution in [2.45, 2.75) is 19.0 Å². The Hall–Kier alpha value is -1.55. The maximum absolute atomic E-state index is 9.57. The van der Waals surface area contributed by atoms with Crippen LogP contribution in [0, 0.1) is 0 Å². The van der Waals surface area contributed by atoms with Crippen molar-refractivity contribution in [2.75, 3.05) is 6.61 Å². The van der Waals surface area contributed by atoms with E-state index in [-0.39, 0.29) is 24.4 Å². The van der Waals surface area contributed by atoms with Crippen LogP contribution in [-0.4, -0.2) is 16.8 Å². The molecule has 2 aromatic carbocycles. The molecule has 2 atom stereocenters. The van der Waals surface area contributed by atoms with Gasteiger partial charge in [0.25, 0.3) is 0 Å². The minimum atomic E-state index is -0.203. The van der Waals surface area contributed by atoms with Crippen molar-refractivity contribution in [2.24, 2.45) is 0 Å². The zero-order valence-electron chi connectivity index (χ0n) is 11.3. The Balaban J connectivity index is 2.14. The monoisotopic (exact) mass is 291 g/mol. The summed E-state index contributed by atoms with van der Waals surface area (Å²) < 4.78 is 0. The van der Waals surface area contributed by atoms with Crippen LogP contribution in [0.3, 0.4) is 0 Å². The third kappa shape index (κ3) is 3.73. The highest BCUT2D eigenvalue weighted by Gasteiger charge is 2.15. The molecule has 4 heteroatoms. The fraction of sp³-hybridized carbons (Fsp3) is 0.250. The molecule has 0 aliphatic heterocycles. The van der Waals surface area contributed by atoms with Gasteiger partial charge in [-0.25, -0.2) is 0 Å². The Labute approximate surface area is 123 Å². The average molecular weight is 292 g/mol. The lowest BCUT2D eigenvalue weighted by atomic mass is 10.0. The van der Waals surface area contributed by atoms with Crippen LogP contribution in [0.15, 0.2) is 48.5 Å². The lowest BCUT2D eigenvalue weighted by Gasteiger charge is -2.22. The Morgan fingerprint density at radius 1 is 1.10 bits per heavy atom. The summed E-state index contributed by atoms with van der Waals surface area (Å²) in [4.78, 5) is 0. The minimum Gasteiger partial charge on any atom is -0.508 e. The molecule has 2 rings (SSSR count). The predicted octanol–water partition coefficient (Wildman–Crippen LogP) is 3.43. The normalized spacial score (nSPS) is 13.9. The van der Waals surface area contributed by atoms with Crippen LogP contribution in [-0.2, 0) is 0 Å². The summed E-state index contributed by atoms with van der Waals surface area (Å²) in [5, 5.41) is 23.1. The largest absolute Gasteiger partial charge is 0.508 e. The first kappa shape index (κ1) is 14.9. The van der Waals surface area contributed by atoms with E-state index in [2.05, 4.69) is 5.32 Å². The summed E-state index contributed by atoms with van der Waals surface area (Å²) in [7, 11) is 0. The quantitative estimate of drug-likeness (QED) is 0.791. The van der Waals surface area contributed by atoms with Crippen LogP contribution >= 0.6 is 11.6 Å². The van der Waals surface area contributed by atoms with Gasteiger partial charge >= 0.3 is 0 Å². The summed E-state index contributed by atoms with van der Waals surface area (Å²) in [6, 6.07) is 14.3. The number of benzene rings is 2. The van der Waals surface area contributed by atoms with Gasteiger partial charge in [0.2, 0.25) is 0 Å². The van der Waals surface area contributed by atoms with Crippen LogP contribution in [0.25, 0.3) is 0 Å². The molecule has 0 aliphatic rings. The van der Waals surface area contributed by atoms with Gasteiger partial charge in [-0.2, -0.15) is 0 Å². The van der Waals surface area contributed by atoms with E-state index >= 15 is 0 Å². The number of rotatable bonds is 5. The smallest absolute Gasteiger partial charge is 0.115 e. The molecule has 106 valence electrons. The van der Waals surface area contributed by atoms with E-state index in [4.69, 9.17) is 11.6 Å². The molecule has 3 N–H and O–H groups in total. The fourth-order valence-corrected chi connectivity index (χ4v) is 2.37. The highest BCUT2D eigenvalue weighted by Crippen LogP contribution is 2.23. The first-order valence-electron chi connectivity index (χ1n) is 6.51. The summed E-state index contributed by atoms with van der Waals surface area (Å²) >= 11 is 5.98. The van der Waals surface area contributed by atoms with E-state index in [0.717, 1.165) is 11.1 Å². The lowest BCUT2D eigenvalue weighted by molar-refractivity contribution is 0.235. The van der Waals surface area contributed by atoms with E-state index in [9.17, 15) is 10.2 Å². The number of phenolic OH excluding ortho intramolecular Hbond substituents is 1. The number of nitrogens with one attached hydrogen (secondary N) is 1. The van der Waals surface area contributed by atoms with Crippen molar-refractivity contribution in [1.82, 2.24) is 5.32 Å². The van der Waals surface area contributed by atoms with E-state index in [0.29, 0.717) is 5.02 Å². The number of hydrogen-bond acceptors (Lipinski definition) is 3. The standard InChI is InChI=1S/C16H18ClNO2/c1-11(12-4-3-7-15(20)9-12)18-16(10-19)13-5-2-6-14(17)8-13/h2-9,11,16,18-20H,10H2,1H3/t11-,16+/m0/s1. The molecule has 0 radical (unpaired) electrons. The van der Waals surface area contributed by atoms with Gasteiger partial charge < -0.3 is 15.5 Å². The number of aliphatic hydroxyl groups is 1. The van der Waals surface area contributed by atoms with Crippen LogP contribution < -0.4 is 5.32 Å². The van der Waals surface area contributed by atoms with Crippen molar-refractivity contribution >= 4 is 11.6 Å². The number of phenols is 1. The van der Waals surface area contributed by atoms with Gasteiger partial charge in [-0.05, 0) is 42.3 Å². The molecule has 3 nitrogen and oxygen atoms in total. The molecule has 0 heterocycles. The van der Waals surface area contributed by atoms with Gasteiger partial charge in [0.05, 0.1) is 12.6 Å². The van der Waals surface area contributed by atoms with Crippen molar-refractivity contribution in [3.8, 4) is 5.75 Å². The molecule has 0 unspecified atom stereocenters. The average Bonchev–Trinajstić information content (AvgIpc) is 2.44. The predicted molar refractivity (Wildman–Crippen MR) is 80.9 cm³/mol.